The number of benzene rings is 1. The molecule has 0 radical (unpaired) electrons. The highest BCUT2D eigenvalue weighted by atomic mass is 14.9. The van der Waals surface area contributed by atoms with Gasteiger partial charge in [-0.1, -0.05) is 36.4 Å². The van der Waals surface area contributed by atoms with Gasteiger partial charge in [0.25, 0.3) is 0 Å². The number of nitrogens with one attached hydrogen (secondary N) is 1. The van der Waals surface area contributed by atoms with Crippen molar-refractivity contribution < 1.29 is 0 Å². The number of nitrogens with zero attached hydrogens (tertiary/aromatic N) is 2. The first-order chi connectivity index (χ1) is 10.8. The molecular weight excluding hydrogens is 270 g/mol. The zero-order chi connectivity index (χ0) is 14.9. The standard InChI is InChI=1S/C19H15N3/c1-13-6-5-9-17(21-13)16-10-15-11-18(22-19(15)20-12-16)14-7-3-2-4-8-14/h2-12H,1H3,(H,20,22). The van der Waals surface area contributed by atoms with Crippen LogP contribution in [0.25, 0.3) is 33.5 Å². The van der Waals surface area contributed by atoms with E-state index in [9.17, 15) is 0 Å². The predicted molar refractivity (Wildman–Crippen MR) is 89.5 cm³/mol. The number of aryl methyl sites for hydroxylation is 1. The van der Waals surface area contributed by atoms with Crippen molar-refractivity contribution in [1.29, 1.82) is 0 Å². The van der Waals surface area contributed by atoms with Gasteiger partial charge in [-0.25, -0.2) is 4.98 Å². The smallest absolute Gasteiger partial charge is 0.137 e. The topological polar surface area (TPSA) is 41.6 Å². The fourth-order valence-corrected chi connectivity index (χ4v) is 2.63. The molecule has 106 valence electrons. The highest BCUT2D eigenvalue weighted by Gasteiger charge is 2.07. The van der Waals surface area contributed by atoms with Crippen LogP contribution >= 0.6 is 0 Å². The molecule has 22 heavy (non-hydrogen) atoms. The highest BCUT2D eigenvalue weighted by molar-refractivity contribution is 5.86. The van der Waals surface area contributed by atoms with Gasteiger partial charge >= 0.3 is 0 Å². The molecule has 0 saturated heterocycles. The zero-order valence-electron chi connectivity index (χ0n) is 12.2. The Bertz CT molecular complexity index is 939. The fourth-order valence-electron chi connectivity index (χ4n) is 2.63. The Morgan fingerprint density at radius 2 is 1.73 bits per heavy atom. The van der Waals surface area contributed by atoms with E-state index in [-0.39, 0.29) is 0 Å². The Labute approximate surface area is 128 Å². The Morgan fingerprint density at radius 3 is 2.55 bits per heavy atom. The van der Waals surface area contributed by atoms with Crippen molar-refractivity contribution in [2.75, 3.05) is 0 Å². The molecule has 0 bridgehead atoms. The summed E-state index contributed by atoms with van der Waals surface area (Å²) < 4.78 is 0. The van der Waals surface area contributed by atoms with E-state index < -0.39 is 0 Å². The van der Waals surface area contributed by atoms with Crippen molar-refractivity contribution in [3.63, 3.8) is 0 Å². The van der Waals surface area contributed by atoms with E-state index in [1.807, 2.05) is 49.5 Å². The summed E-state index contributed by atoms with van der Waals surface area (Å²) in [7, 11) is 0. The van der Waals surface area contributed by atoms with Crippen LogP contribution in [0.4, 0.5) is 0 Å². The monoisotopic (exact) mass is 285 g/mol. The molecule has 1 N–H and O–H groups in total. The van der Waals surface area contributed by atoms with Crippen molar-refractivity contribution in [1.82, 2.24) is 15.0 Å². The molecular formula is C19H15N3. The Kier molecular flexibility index (Phi) is 2.97. The number of pyridine rings is 2. The van der Waals surface area contributed by atoms with Gasteiger partial charge in [-0.2, -0.15) is 0 Å². The molecule has 0 fully saturated rings. The maximum absolute atomic E-state index is 4.57. The quantitative estimate of drug-likeness (QED) is 0.584. The van der Waals surface area contributed by atoms with Crippen LogP contribution in [0.1, 0.15) is 5.69 Å². The van der Waals surface area contributed by atoms with Gasteiger partial charge in [0, 0.05) is 28.5 Å². The van der Waals surface area contributed by atoms with Gasteiger partial charge < -0.3 is 4.98 Å². The molecule has 0 aliphatic heterocycles. The van der Waals surface area contributed by atoms with Crippen LogP contribution < -0.4 is 0 Å². The second-order valence-electron chi connectivity index (χ2n) is 5.38. The molecule has 4 aromatic rings. The second kappa shape index (κ2) is 5.11. The van der Waals surface area contributed by atoms with E-state index in [0.717, 1.165) is 39.2 Å². The van der Waals surface area contributed by atoms with Gasteiger partial charge in [0.15, 0.2) is 0 Å². The number of hydrogen-bond donors (Lipinski definition) is 1. The van der Waals surface area contributed by atoms with E-state index in [4.69, 9.17) is 0 Å². The number of H-pyrrole nitrogens is 1. The first kappa shape index (κ1) is 12.8. The lowest BCUT2D eigenvalue weighted by Gasteiger charge is -2.01. The van der Waals surface area contributed by atoms with Crippen molar-refractivity contribution in [2.24, 2.45) is 0 Å². The maximum Gasteiger partial charge on any atom is 0.137 e. The van der Waals surface area contributed by atoms with E-state index in [1.54, 1.807) is 0 Å². The van der Waals surface area contributed by atoms with Crippen LogP contribution in [-0.2, 0) is 0 Å². The van der Waals surface area contributed by atoms with Crippen LogP contribution in [0.3, 0.4) is 0 Å². The molecule has 0 saturated carbocycles. The third kappa shape index (κ3) is 2.27. The average molecular weight is 285 g/mol. The number of fused-ring (bicyclic) bond motifs is 1. The molecule has 0 atom stereocenters. The number of aromatic amines is 1. The lowest BCUT2D eigenvalue weighted by atomic mass is 10.1. The summed E-state index contributed by atoms with van der Waals surface area (Å²) in [5.74, 6) is 0. The Morgan fingerprint density at radius 1 is 0.864 bits per heavy atom. The highest BCUT2D eigenvalue weighted by Crippen LogP contribution is 2.26. The van der Waals surface area contributed by atoms with Gasteiger partial charge in [0.05, 0.1) is 5.69 Å². The summed E-state index contributed by atoms with van der Waals surface area (Å²) in [6, 6.07) is 20.6. The lowest BCUT2D eigenvalue weighted by Crippen LogP contribution is -1.87. The normalized spacial score (nSPS) is 11.0. The van der Waals surface area contributed by atoms with Gasteiger partial charge in [-0.05, 0) is 36.8 Å². The van der Waals surface area contributed by atoms with Crippen molar-refractivity contribution in [3.05, 3.63) is 72.6 Å². The third-order valence-corrected chi connectivity index (χ3v) is 3.74. The van der Waals surface area contributed by atoms with Gasteiger partial charge in [0.2, 0.25) is 0 Å². The summed E-state index contributed by atoms with van der Waals surface area (Å²) in [5, 5.41) is 1.10. The first-order valence-corrected chi connectivity index (χ1v) is 7.28. The summed E-state index contributed by atoms with van der Waals surface area (Å²) in [5.41, 5.74) is 6.15. The molecule has 3 heteroatoms. The van der Waals surface area contributed by atoms with E-state index >= 15 is 0 Å². The van der Waals surface area contributed by atoms with Gasteiger partial charge in [-0.15, -0.1) is 0 Å². The number of rotatable bonds is 2. The van der Waals surface area contributed by atoms with Gasteiger partial charge in [0.1, 0.15) is 5.65 Å². The molecule has 3 nitrogen and oxygen atoms in total. The molecule has 4 rings (SSSR count). The fraction of sp³-hybridized carbons (Fsp3) is 0.0526. The minimum atomic E-state index is 0.898. The predicted octanol–water partition coefficient (Wildman–Crippen LogP) is 4.60. The van der Waals surface area contributed by atoms with Crippen LogP contribution in [0.15, 0.2) is 66.9 Å². The summed E-state index contributed by atoms with van der Waals surface area (Å²) >= 11 is 0. The van der Waals surface area contributed by atoms with Crippen LogP contribution in [0, 0.1) is 6.92 Å². The van der Waals surface area contributed by atoms with Crippen LogP contribution in [0.2, 0.25) is 0 Å². The molecule has 0 aliphatic carbocycles. The van der Waals surface area contributed by atoms with Crippen molar-refractivity contribution in [3.8, 4) is 22.5 Å². The Hall–Kier alpha value is -2.94. The second-order valence-corrected chi connectivity index (χ2v) is 5.38. The van der Waals surface area contributed by atoms with Crippen LogP contribution in [0.5, 0.6) is 0 Å². The maximum atomic E-state index is 4.57. The van der Waals surface area contributed by atoms with E-state index in [1.165, 1.54) is 0 Å². The molecule has 0 aliphatic rings. The minimum absolute atomic E-state index is 0.898. The molecule has 0 unspecified atom stereocenters. The van der Waals surface area contributed by atoms with Crippen molar-refractivity contribution >= 4 is 11.0 Å². The van der Waals surface area contributed by atoms with Crippen LogP contribution in [-0.4, -0.2) is 15.0 Å². The number of hydrogen-bond acceptors (Lipinski definition) is 2. The SMILES string of the molecule is Cc1cccc(-c2cnc3[nH]c(-c4ccccc4)cc3c2)n1. The summed E-state index contributed by atoms with van der Waals surface area (Å²) in [6.07, 6.45) is 1.87. The molecule has 3 aromatic heterocycles. The Balaban J connectivity index is 1.82. The molecule has 0 spiro atoms. The molecule has 1 aromatic carbocycles. The minimum Gasteiger partial charge on any atom is -0.339 e. The van der Waals surface area contributed by atoms with E-state index in [2.05, 4.69) is 39.2 Å². The summed E-state index contributed by atoms with van der Waals surface area (Å²) in [4.78, 5) is 12.5. The average Bonchev–Trinajstić information content (AvgIpc) is 2.99. The van der Waals surface area contributed by atoms with Gasteiger partial charge in [-0.3, -0.25) is 4.98 Å². The zero-order valence-corrected chi connectivity index (χ0v) is 12.2. The number of aromatic nitrogens is 3. The molecule has 0 amide bonds. The lowest BCUT2D eigenvalue weighted by molar-refractivity contribution is 1.20. The van der Waals surface area contributed by atoms with E-state index in [0.29, 0.717) is 0 Å². The largest absolute Gasteiger partial charge is 0.339 e. The first-order valence-electron chi connectivity index (χ1n) is 7.28. The molecule has 3 heterocycles. The van der Waals surface area contributed by atoms with Crippen molar-refractivity contribution in [2.45, 2.75) is 6.92 Å². The third-order valence-electron chi connectivity index (χ3n) is 3.74. The summed E-state index contributed by atoms with van der Waals surface area (Å²) in [6.45, 7) is 2.00.